The predicted octanol–water partition coefficient (Wildman–Crippen LogP) is -4.98. The first-order valence-electron chi connectivity index (χ1n) is 42.4. The number of fused-ring (bicyclic) bond motifs is 6. The van der Waals surface area contributed by atoms with Gasteiger partial charge in [-0.25, -0.2) is 9.97 Å². The SMILES string of the molecule is CCCCC1C(=O)NC(CCCNC(=N)N)C(=O)NC(C(=O)NCC(N)=O)CSCC(=O)NC(Cc2ccccc2)C(=O)N(C)C(C)C(=O)NC(CC(N)=O)C(=O)N2CCCC2C(=O)NC(Cc2cnc[nH]2)C(=O)NC(CC(C)C)C(=O)N(C)CC(=O)NC(Cc2c[nH]c3ccccc23)C(=O)NC(CO)C(=O)NC2Cc3c[nH]c[n+]3N(C2=O)C(CCCC)C(=O)N1C. The monoisotopic (exact) mass is 1790 g/mol. The highest BCUT2D eigenvalue weighted by molar-refractivity contribution is 8.00. The lowest BCUT2D eigenvalue weighted by Crippen LogP contribution is -2.76. The van der Waals surface area contributed by atoms with Crippen molar-refractivity contribution in [2.75, 3.05) is 70.4 Å². The Hall–Kier alpha value is -13.0. The molecular formula is C83H120N25O18S+. The smallest absolute Gasteiger partial charge is 0.281 e. The van der Waals surface area contributed by atoms with Crippen LogP contribution in [-0.2, 0) is 107 Å². The van der Waals surface area contributed by atoms with Crippen LogP contribution in [0.1, 0.15) is 134 Å². The summed E-state index contributed by atoms with van der Waals surface area (Å²) in [6.07, 6.45) is 7.35. The van der Waals surface area contributed by atoms with E-state index >= 15 is 14.4 Å². The van der Waals surface area contributed by atoms with Gasteiger partial charge in [0.1, 0.15) is 78.7 Å². The van der Waals surface area contributed by atoms with E-state index in [1.165, 1.54) is 57.8 Å². The number of para-hydroxylation sites is 1. The zero-order chi connectivity index (χ0) is 92.9. The number of amides is 17. The Labute approximate surface area is 738 Å². The maximum atomic E-state index is 15.6. The summed E-state index contributed by atoms with van der Waals surface area (Å²) < 4.78 is 1.40. The summed E-state index contributed by atoms with van der Waals surface area (Å²) >= 11 is 0.794. The number of carbonyl (C=O) groups is 17. The lowest BCUT2D eigenvalue weighted by molar-refractivity contribution is -0.695. The van der Waals surface area contributed by atoms with Gasteiger partial charge in [0.25, 0.3) is 12.2 Å². The molecule has 13 unspecified atom stereocenters. The zero-order valence-corrected chi connectivity index (χ0v) is 73.4. The molecule has 43 nitrogen and oxygen atoms in total. The minimum absolute atomic E-state index is 0.00343. The lowest BCUT2D eigenvalue weighted by Gasteiger charge is -2.37. The third kappa shape index (κ3) is 28.2. The van der Waals surface area contributed by atoms with Crippen molar-refractivity contribution in [1.82, 2.24) is 98.0 Å². The maximum absolute atomic E-state index is 15.6. The van der Waals surface area contributed by atoms with E-state index in [1.54, 1.807) is 74.6 Å². The highest BCUT2D eigenvalue weighted by atomic mass is 32.2. The minimum Gasteiger partial charge on any atom is -0.394 e. The molecule has 0 spiro atoms. The van der Waals surface area contributed by atoms with Crippen molar-refractivity contribution in [2.24, 2.45) is 23.1 Å². The van der Waals surface area contributed by atoms with Crippen molar-refractivity contribution in [3.63, 3.8) is 0 Å². The standard InChI is InChI=1S/C83H119N25O18S/c1-9-11-25-63-76(120)96-54(24-18-28-90-83(86)87)72(116)102-62(71(115)92-39-67(85)111)42-127-43-69(113)95-58(31-48-20-14-13-15-21-48)79(123)104(7)47(5)70(114)98-60(35-66(84)110)80(124)106-29-19-27-64(106)77(121)97-56(33-50-37-88-44-93-50)74(118)99-57(30-46(3)4)78(122)103(6)40-68(112)94-55(32-49-36-91-53-23-17-16-22-52(49)53)73(117)101-61(41-109)75(119)100-59-34-51-38-89-45-107(51)108(81(59)125)65(26-12-10-2)82(126)105(63)8/h13-17,20-23,36-38,44-47,54-65,91,109H,9-12,18-19,24-35,39-43H2,1-8H3,(H19,84,85,86,87,88,90,92,93,94,95,96,97,98,99,100,101,102,110,111,112,113,114,115,116,117,118,119,120,121)/p+1. The van der Waals surface area contributed by atoms with Gasteiger partial charge in [0.05, 0.1) is 38.2 Å². The molecule has 690 valence electrons. The summed E-state index contributed by atoms with van der Waals surface area (Å²) in [5, 5.41) is 49.5. The molecule has 8 rings (SSSR count). The second-order valence-corrected chi connectivity index (χ2v) is 33.3. The molecule has 44 heteroatoms. The van der Waals surface area contributed by atoms with E-state index in [0.717, 1.165) is 36.4 Å². The van der Waals surface area contributed by atoms with E-state index in [1.807, 2.05) is 13.8 Å². The summed E-state index contributed by atoms with van der Waals surface area (Å²) in [6, 6.07) is -4.11. The topological polar surface area (TPSA) is 625 Å². The Morgan fingerprint density at radius 3 is 1.92 bits per heavy atom. The summed E-state index contributed by atoms with van der Waals surface area (Å²) in [4.78, 5) is 264. The first-order chi connectivity index (χ1) is 60.5. The first-order valence-corrected chi connectivity index (χ1v) is 43.6. The molecule has 22 N–H and O–H groups in total. The number of hydrogen-bond donors (Lipinski definition) is 19. The first kappa shape index (κ1) is 99.4. The van der Waals surface area contributed by atoms with E-state index in [2.05, 4.69) is 78.4 Å². The number of hydrogen-bond acceptors (Lipinski definition) is 21. The van der Waals surface area contributed by atoms with Gasteiger partial charge in [0.2, 0.25) is 94.5 Å². The Morgan fingerprint density at radius 2 is 1.26 bits per heavy atom. The summed E-state index contributed by atoms with van der Waals surface area (Å²) in [6.45, 7) is 5.95. The molecule has 13 atom stereocenters. The molecule has 127 heavy (non-hydrogen) atoms. The largest absolute Gasteiger partial charge is 0.394 e. The van der Waals surface area contributed by atoms with E-state index in [4.69, 9.17) is 22.6 Å². The summed E-state index contributed by atoms with van der Waals surface area (Å²) in [5.74, 6) is -17.1. The second-order valence-electron chi connectivity index (χ2n) is 32.3. The van der Waals surface area contributed by atoms with Crippen LogP contribution in [0.2, 0.25) is 0 Å². The van der Waals surface area contributed by atoms with Gasteiger partial charge >= 0.3 is 0 Å². The third-order valence-corrected chi connectivity index (χ3v) is 23.2. The van der Waals surface area contributed by atoms with Crippen LogP contribution in [0.5, 0.6) is 0 Å². The molecule has 0 saturated carbocycles. The fraction of sp³-hybridized carbons (Fsp3) is 0.542. The number of aliphatic hydroxyl groups excluding tert-OH is 1. The number of nitrogens with two attached hydrogens (primary N) is 3. The van der Waals surface area contributed by atoms with E-state index < -0.39 is 223 Å². The van der Waals surface area contributed by atoms with Crippen molar-refractivity contribution in [2.45, 2.75) is 216 Å². The molecule has 3 aliphatic rings. The molecule has 2 bridgehead atoms. The number of unbranched alkanes of at least 4 members (excludes halogenated alkanes) is 2. The molecule has 17 amide bonds. The number of thioether (sulfide) groups is 1. The van der Waals surface area contributed by atoms with Gasteiger partial charge in [0, 0.05) is 94.7 Å². The fourth-order valence-electron chi connectivity index (χ4n) is 15.2. The highest BCUT2D eigenvalue weighted by Crippen LogP contribution is 2.25. The van der Waals surface area contributed by atoms with E-state index in [-0.39, 0.29) is 89.6 Å². The quantitative estimate of drug-likeness (QED) is 0.0119. The van der Waals surface area contributed by atoms with Crippen LogP contribution in [0.3, 0.4) is 0 Å². The average Bonchev–Trinajstić information content (AvgIpc) is 1.73. The van der Waals surface area contributed by atoms with Crippen molar-refractivity contribution in [3.05, 3.63) is 108 Å². The normalized spacial score (nSPS) is 24.2. The summed E-state index contributed by atoms with van der Waals surface area (Å²) in [7, 11) is 3.89. The molecule has 2 saturated heterocycles. The van der Waals surface area contributed by atoms with E-state index in [9.17, 15) is 72.2 Å². The van der Waals surface area contributed by atoms with Gasteiger partial charge < -0.3 is 110 Å². The van der Waals surface area contributed by atoms with Crippen molar-refractivity contribution >= 4 is 129 Å². The Bertz CT molecular complexity index is 4740. The molecule has 6 heterocycles. The number of aromatic amines is 3. The van der Waals surface area contributed by atoms with Crippen LogP contribution in [0, 0.1) is 11.3 Å². The lowest BCUT2D eigenvalue weighted by atomic mass is 10.0. The van der Waals surface area contributed by atoms with Crippen molar-refractivity contribution in [3.8, 4) is 0 Å². The number of carbonyl (C=O) groups excluding carboxylic acids is 17. The molecule has 5 aromatic rings. The van der Waals surface area contributed by atoms with Crippen LogP contribution in [0.15, 0.2) is 85.8 Å². The zero-order valence-electron chi connectivity index (χ0n) is 72.6. The fourth-order valence-corrected chi connectivity index (χ4v) is 16.1. The number of rotatable bonds is 24. The van der Waals surface area contributed by atoms with Gasteiger partial charge in [-0.2, -0.15) is 5.01 Å². The summed E-state index contributed by atoms with van der Waals surface area (Å²) in [5.41, 5.74) is 19.2. The van der Waals surface area contributed by atoms with Crippen molar-refractivity contribution < 1.29 is 91.3 Å². The number of likely N-dealkylation sites (N-methyl/N-ethyl adjacent to an activating group) is 3. The Morgan fingerprint density at radius 1 is 0.622 bits per heavy atom. The number of guanidine groups is 1. The number of nitrogens with one attached hydrogen (secondary N) is 15. The van der Waals surface area contributed by atoms with Gasteiger partial charge in [-0.3, -0.25) is 86.9 Å². The maximum Gasteiger partial charge on any atom is 0.281 e. The van der Waals surface area contributed by atoms with Crippen LogP contribution in [-0.4, -0.2) is 295 Å². The number of aliphatic hydroxyl groups is 1. The average molecular weight is 1790 g/mol. The molecule has 0 radical (unpaired) electrons. The minimum atomic E-state index is -1.81. The van der Waals surface area contributed by atoms with Crippen molar-refractivity contribution in [1.29, 1.82) is 5.41 Å². The van der Waals surface area contributed by atoms with Crippen LogP contribution in [0.25, 0.3) is 10.9 Å². The van der Waals surface area contributed by atoms with Gasteiger partial charge in [-0.15, -0.1) is 16.4 Å². The molecule has 3 aromatic heterocycles. The van der Waals surface area contributed by atoms with Crippen LogP contribution in [0.4, 0.5) is 0 Å². The third-order valence-electron chi connectivity index (χ3n) is 22.1. The highest BCUT2D eigenvalue weighted by Gasteiger charge is 2.48. The number of imidazole rings is 2. The number of benzene rings is 2. The van der Waals surface area contributed by atoms with Crippen LogP contribution >= 0.6 is 11.8 Å². The molecule has 0 aliphatic carbocycles. The Balaban J connectivity index is 1.16. The predicted molar refractivity (Wildman–Crippen MR) is 463 cm³/mol. The number of primary amides is 2. The molecular weight excluding hydrogens is 1670 g/mol. The molecule has 2 fully saturated rings. The van der Waals surface area contributed by atoms with Gasteiger partial charge in [-0.05, 0) is 75.0 Å². The van der Waals surface area contributed by atoms with Crippen LogP contribution < -0.4 is 85.4 Å². The molecule has 2 aromatic carbocycles. The van der Waals surface area contributed by atoms with Gasteiger partial charge in [-0.1, -0.05) is 102 Å². The van der Waals surface area contributed by atoms with Gasteiger partial charge in [0.15, 0.2) is 17.7 Å². The second kappa shape index (κ2) is 47.9. The molecule has 3 aliphatic heterocycles. The van der Waals surface area contributed by atoms with E-state index in [0.29, 0.717) is 59.1 Å². The Kier molecular flexibility index (Phi) is 37.5. The number of H-pyrrole nitrogens is 3. The number of nitrogens with zero attached hydrogens (tertiary/aromatic N) is 7. The number of aromatic nitrogens is 5.